The van der Waals surface area contributed by atoms with Crippen LogP contribution in [0.15, 0.2) is 84.2 Å². The van der Waals surface area contributed by atoms with Crippen molar-refractivity contribution in [3.8, 4) is 11.1 Å². The third-order valence-electron chi connectivity index (χ3n) is 11.7. The Morgan fingerprint density at radius 2 is 1.48 bits per heavy atom. The zero-order valence-electron chi connectivity index (χ0n) is 35.8. The van der Waals surface area contributed by atoms with Gasteiger partial charge >= 0.3 is 18.0 Å². The predicted octanol–water partition coefficient (Wildman–Crippen LogP) is 8.42. The van der Waals surface area contributed by atoms with Gasteiger partial charge in [-0.25, -0.2) is 9.78 Å². The van der Waals surface area contributed by atoms with Crippen molar-refractivity contribution < 1.29 is 38.6 Å². The molecule has 320 valence electrons. The molecule has 0 radical (unpaired) electrons. The number of carboxylic acids is 1. The predicted molar refractivity (Wildman–Crippen MR) is 232 cm³/mol. The third kappa shape index (κ3) is 11.2. The number of nitrogens with zero attached hydrogens (tertiary/aromatic N) is 2. The van der Waals surface area contributed by atoms with Crippen molar-refractivity contribution in [2.45, 2.75) is 104 Å². The summed E-state index contributed by atoms with van der Waals surface area (Å²) in [5, 5.41) is 17.4. The van der Waals surface area contributed by atoms with E-state index in [-0.39, 0.29) is 42.9 Å². The van der Waals surface area contributed by atoms with Crippen LogP contribution >= 0.6 is 11.3 Å². The maximum atomic E-state index is 14.5. The Balaban J connectivity index is 1.30. The number of hydrogen-bond acceptors (Lipinski definition) is 9. The van der Waals surface area contributed by atoms with Crippen LogP contribution in [0.2, 0.25) is 0 Å². The van der Waals surface area contributed by atoms with E-state index in [0.29, 0.717) is 17.8 Å². The molecule has 3 amide bonds. The van der Waals surface area contributed by atoms with Crippen LogP contribution in [0, 0.1) is 17.3 Å². The summed E-state index contributed by atoms with van der Waals surface area (Å²) in [4.78, 5) is 72.1. The fourth-order valence-electron chi connectivity index (χ4n) is 7.84. The molecule has 1 aliphatic rings. The Hall–Kier alpha value is -5.56. The summed E-state index contributed by atoms with van der Waals surface area (Å²) in [6, 6.07) is 23.8. The number of likely N-dealkylation sites (N-methyl/N-ethyl adjacent to an activating group) is 1. The minimum atomic E-state index is -0.955. The number of ether oxygens (including phenoxy) is 2. The van der Waals surface area contributed by atoms with Crippen molar-refractivity contribution in [2.75, 3.05) is 13.7 Å². The first-order valence-corrected chi connectivity index (χ1v) is 21.5. The van der Waals surface area contributed by atoms with Crippen molar-refractivity contribution in [1.82, 2.24) is 20.5 Å². The van der Waals surface area contributed by atoms with Crippen LogP contribution in [0.1, 0.15) is 112 Å². The molecule has 13 heteroatoms. The van der Waals surface area contributed by atoms with Crippen molar-refractivity contribution in [3.05, 3.63) is 112 Å². The molecule has 5 unspecified atom stereocenters. The van der Waals surface area contributed by atoms with E-state index in [1.165, 1.54) is 6.92 Å². The maximum absolute atomic E-state index is 14.5. The molecule has 60 heavy (non-hydrogen) atoms. The number of alkyl carbamates (subject to hydrolysis) is 1. The van der Waals surface area contributed by atoms with E-state index >= 15 is 0 Å². The van der Waals surface area contributed by atoms with Gasteiger partial charge in [-0.15, -0.1) is 11.3 Å². The lowest BCUT2D eigenvalue weighted by Crippen LogP contribution is -2.57. The number of rotatable bonds is 19. The van der Waals surface area contributed by atoms with Crippen LogP contribution in [-0.4, -0.2) is 76.6 Å². The highest BCUT2D eigenvalue weighted by atomic mass is 32.1. The van der Waals surface area contributed by atoms with Crippen molar-refractivity contribution >= 4 is 41.2 Å². The Bertz CT molecular complexity index is 2090. The van der Waals surface area contributed by atoms with Crippen LogP contribution < -0.4 is 10.6 Å². The van der Waals surface area contributed by atoms with E-state index in [4.69, 9.17) is 9.47 Å². The van der Waals surface area contributed by atoms with Gasteiger partial charge in [-0.1, -0.05) is 120 Å². The molecular weight excluding hydrogens is 781 g/mol. The summed E-state index contributed by atoms with van der Waals surface area (Å²) < 4.78 is 11.7. The second-order valence-electron chi connectivity index (χ2n) is 16.7. The summed E-state index contributed by atoms with van der Waals surface area (Å²) in [6.07, 6.45) is -0.192. The lowest BCUT2D eigenvalue weighted by Gasteiger charge is -2.40. The number of aromatic nitrogens is 1. The fraction of sp³-hybridized carbons (Fsp3) is 0.447. The molecule has 1 heterocycles. The Morgan fingerprint density at radius 1 is 0.883 bits per heavy atom. The number of esters is 1. The number of thiazole rings is 1. The molecule has 4 aromatic rings. The molecular formula is C47H58N4O8S. The quantitative estimate of drug-likeness (QED) is 0.0787. The number of aliphatic carboxylic acids is 1. The number of fused-ring (bicyclic) bond motifs is 3. The van der Waals surface area contributed by atoms with Gasteiger partial charge in [-0.2, -0.15) is 0 Å². The SMILES string of the molecule is CCC(C)(C)C(NC(=O)OCC1c2ccccc2-c2ccccc21)C(=O)N(C)C(CC(OC(C)=O)c1nc(C(=O)NC(Cc2ccccc2)CC(C)C(=O)O)cs1)C(C)C. The molecule has 0 fully saturated rings. The topological polar surface area (TPSA) is 164 Å². The lowest BCUT2D eigenvalue weighted by atomic mass is 9.80. The van der Waals surface area contributed by atoms with Gasteiger partial charge in [0.15, 0.2) is 6.10 Å². The molecule has 3 N–H and O–H groups in total. The molecule has 1 aromatic heterocycles. The first-order valence-electron chi connectivity index (χ1n) is 20.6. The van der Waals surface area contributed by atoms with Crippen LogP contribution in [0.4, 0.5) is 4.79 Å². The van der Waals surface area contributed by atoms with E-state index in [1.807, 2.05) is 101 Å². The highest BCUT2D eigenvalue weighted by Gasteiger charge is 2.41. The van der Waals surface area contributed by atoms with Gasteiger partial charge in [-0.3, -0.25) is 19.2 Å². The number of hydrogen-bond donors (Lipinski definition) is 3. The van der Waals surface area contributed by atoms with Crippen molar-refractivity contribution in [1.29, 1.82) is 0 Å². The van der Waals surface area contributed by atoms with Crippen LogP contribution in [0.3, 0.4) is 0 Å². The van der Waals surface area contributed by atoms with E-state index < -0.39 is 59.5 Å². The average Bonchev–Trinajstić information content (AvgIpc) is 3.84. The van der Waals surface area contributed by atoms with Crippen molar-refractivity contribution in [3.63, 3.8) is 0 Å². The zero-order chi connectivity index (χ0) is 43.7. The Morgan fingerprint density at radius 3 is 2.05 bits per heavy atom. The van der Waals surface area contributed by atoms with Gasteiger partial charge in [-0.05, 0) is 58.4 Å². The van der Waals surface area contributed by atoms with E-state index in [0.717, 1.165) is 39.2 Å². The standard InChI is InChI=1S/C47H58N4O8S/c1-9-47(6,7)41(50-46(57)58-26-37-35-21-15-13-19-33(35)34-20-14-16-22-36(34)37)44(54)51(8)39(28(2)3)25-40(59-30(5)52)43-49-38(27-60-43)42(53)48-32(23-29(4)45(55)56)24-31-17-11-10-12-18-31/h10-22,27-29,32,37,39-41H,9,23-26H2,1-8H3,(H,48,53)(H,50,57)(H,55,56). The first-order chi connectivity index (χ1) is 28.5. The third-order valence-corrected chi connectivity index (χ3v) is 12.6. The molecule has 0 saturated carbocycles. The number of carbonyl (C=O) groups is 5. The molecule has 12 nitrogen and oxygen atoms in total. The van der Waals surface area contributed by atoms with E-state index in [2.05, 4.69) is 27.8 Å². The second kappa shape index (κ2) is 20.1. The average molecular weight is 839 g/mol. The number of benzene rings is 3. The molecule has 5 atom stereocenters. The lowest BCUT2D eigenvalue weighted by molar-refractivity contribution is -0.149. The molecule has 0 aliphatic heterocycles. The zero-order valence-corrected chi connectivity index (χ0v) is 36.6. The monoisotopic (exact) mass is 838 g/mol. The van der Waals surface area contributed by atoms with Crippen LogP contribution in [0.5, 0.6) is 0 Å². The molecule has 0 saturated heterocycles. The van der Waals surface area contributed by atoms with Crippen molar-refractivity contribution in [2.24, 2.45) is 17.3 Å². The smallest absolute Gasteiger partial charge is 0.407 e. The van der Waals surface area contributed by atoms with Crippen LogP contribution in [-0.2, 0) is 30.3 Å². The number of carboxylic acid groups (broad SMARTS) is 1. The van der Waals surface area contributed by atoms with Gasteiger partial charge in [0, 0.05) is 43.8 Å². The number of carbonyl (C=O) groups excluding carboxylic acids is 4. The maximum Gasteiger partial charge on any atom is 0.407 e. The van der Waals surface area contributed by atoms with Gasteiger partial charge in [0.2, 0.25) is 5.91 Å². The normalized spacial score (nSPS) is 14.8. The Labute approximate surface area is 357 Å². The summed E-state index contributed by atoms with van der Waals surface area (Å²) in [6.45, 7) is 12.7. The van der Waals surface area contributed by atoms with E-state index in [9.17, 15) is 29.1 Å². The van der Waals surface area contributed by atoms with E-state index in [1.54, 1.807) is 24.3 Å². The van der Waals surface area contributed by atoms with Crippen LogP contribution in [0.25, 0.3) is 11.1 Å². The highest BCUT2D eigenvalue weighted by Crippen LogP contribution is 2.44. The molecule has 0 bridgehead atoms. The Kier molecular flexibility index (Phi) is 15.3. The highest BCUT2D eigenvalue weighted by molar-refractivity contribution is 7.09. The summed E-state index contributed by atoms with van der Waals surface area (Å²) >= 11 is 1.16. The molecule has 3 aromatic carbocycles. The molecule has 1 aliphatic carbocycles. The van der Waals surface area contributed by atoms with Gasteiger partial charge in [0.25, 0.3) is 5.91 Å². The van der Waals surface area contributed by atoms with Gasteiger partial charge in [0.1, 0.15) is 23.4 Å². The number of amides is 3. The van der Waals surface area contributed by atoms with Gasteiger partial charge < -0.3 is 30.1 Å². The molecule has 5 rings (SSSR count). The summed E-state index contributed by atoms with van der Waals surface area (Å²) in [5.41, 5.74) is 4.79. The first kappa shape index (κ1) is 45.5. The minimum absolute atomic E-state index is 0.102. The fourth-order valence-corrected chi connectivity index (χ4v) is 8.67. The largest absolute Gasteiger partial charge is 0.481 e. The van der Waals surface area contributed by atoms with Gasteiger partial charge in [0.05, 0.1) is 5.92 Å². The molecule has 0 spiro atoms. The minimum Gasteiger partial charge on any atom is -0.481 e. The number of nitrogens with one attached hydrogen (secondary N) is 2. The summed E-state index contributed by atoms with van der Waals surface area (Å²) in [5.74, 6) is -3.26. The second-order valence-corrected chi connectivity index (χ2v) is 17.6. The summed E-state index contributed by atoms with van der Waals surface area (Å²) in [7, 11) is 1.68.